The number of rotatable bonds is 0. The molecule has 4 N–H and O–H groups in total. The van der Waals surface area contributed by atoms with Crippen molar-refractivity contribution in [3.63, 3.8) is 0 Å². The molecule has 18 heavy (non-hydrogen) atoms. The van der Waals surface area contributed by atoms with Crippen molar-refractivity contribution in [2.24, 2.45) is 0 Å². The second-order valence-corrected chi connectivity index (χ2v) is 4.70. The van der Waals surface area contributed by atoms with Crippen LogP contribution in [-0.2, 0) is 0 Å². The van der Waals surface area contributed by atoms with E-state index >= 15 is 0 Å². The molecule has 2 nitrogen and oxygen atoms in total. The summed E-state index contributed by atoms with van der Waals surface area (Å²) in [4.78, 5) is 0. The molecule has 0 heterocycles. The number of benzene rings is 2. The van der Waals surface area contributed by atoms with Crippen LogP contribution in [0.15, 0.2) is 36.4 Å². The van der Waals surface area contributed by atoms with E-state index < -0.39 is 0 Å². The van der Waals surface area contributed by atoms with Crippen LogP contribution in [0.1, 0.15) is 22.3 Å². The van der Waals surface area contributed by atoms with Crippen molar-refractivity contribution in [2.75, 3.05) is 11.5 Å². The minimum absolute atomic E-state index is 0.845. The highest BCUT2D eigenvalue weighted by Gasteiger charge is 1.90. The lowest BCUT2D eigenvalue weighted by molar-refractivity contribution is 1.34. The summed E-state index contributed by atoms with van der Waals surface area (Å²) in [5.41, 5.74) is 17.8. The summed E-state index contributed by atoms with van der Waals surface area (Å²) >= 11 is 0. The van der Waals surface area contributed by atoms with Crippen molar-refractivity contribution >= 4 is 11.4 Å². The minimum Gasteiger partial charge on any atom is -0.399 e. The van der Waals surface area contributed by atoms with Gasteiger partial charge in [0.2, 0.25) is 0 Å². The van der Waals surface area contributed by atoms with Gasteiger partial charge in [0.1, 0.15) is 0 Å². The number of hydrogen-bond acceptors (Lipinski definition) is 2. The van der Waals surface area contributed by atoms with Crippen LogP contribution in [0.3, 0.4) is 0 Å². The molecule has 0 aliphatic heterocycles. The zero-order chi connectivity index (χ0) is 13.7. The molecule has 2 heteroatoms. The molecule has 0 saturated carbocycles. The fourth-order valence-corrected chi connectivity index (χ4v) is 1.59. The zero-order valence-electron chi connectivity index (χ0n) is 11.6. The highest BCUT2D eigenvalue weighted by Crippen LogP contribution is 2.11. The van der Waals surface area contributed by atoms with Crippen LogP contribution in [-0.4, -0.2) is 0 Å². The first-order chi connectivity index (χ1) is 8.40. The monoisotopic (exact) mass is 242 g/mol. The molecule has 0 bridgehead atoms. The lowest BCUT2D eigenvalue weighted by atomic mass is 10.1. The van der Waals surface area contributed by atoms with Gasteiger partial charge < -0.3 is 11.5 Å². The molecular formula is C16H22N2. The largest absolute Gasteiger partial charge is 0.399 e. The van der Waals surface area contributed by atoms with Gasteiger partial charge in [0.05, 0.1) is 0 Å². The molecule has 0 radical (unpaired) electrons. The second kappa shape index (κ2) is 6.10. The Labute approximate surface area is 110 Å². The van der Waals surface area contributed by atoms with Crippen LogP contribution >= 0.6 is 0 Å². The average molecular weight is 242 g/mol. The topological polar surface area (TPSA) is 52.0 Å². The van der Waals surface area contributed by atoms with Crippen molar-refractivity contribution in [3.05, 3.63) is 58.7 Å². The Hall–Kier alpha value is -1.96. The van der Waals surface area contributed by atoms with E-state index in [4.69, 9.17) is 11.5 Å². The summed E-state index contributed by atoms with van der Waals surface area (Å²) < 4.78 is 0. The van der Waals surface area contributed by atoms with Crippen LogP contribution in [0.2, 0.25) is 0 Å². The van der Waals surface area contributed by atoms with Crippen molar-refractivity contribution in [1.82, 2.24) is 0 Å². The molecule has 2 aromatic carbocycles. The molecule has 0 unspecified atom stereocenters. The number of anilines is 2. The molecule has 0 amide bonds. The van der Waals surface area contributed by atoms with Crippen molar-refractivity contribution < 1.29 is 0 Å². The first-order valence-corrected chi connectivity index (χ1v) is 6.05. The van der Waals surface area contributed by atoms with E-state index in [0.29, 0.717) is 0 Å². The summed E-state index contributed by atoms with van der Waals surface area (Å²) in [7, 11) is 0. The van der Waals surface area contributed by atoms with Gasteiger partial charge >= 0.3 is 0 Å². The van der Waals surface area contributed by atoms with Gasteiger partial charge in [0.25, 0.3) is 0 Å². The fraction of sp³-hybridized carbons (Fsp3) is 0.250. The third-order valence-corrected chi connectivity index (χ3v) is 2.96. The van der Waals surface area contributed by atoms with E-state index in [1.54, 1.807) is 0 Å². The smallest absolute Gasteiger partial charge is 0.0343 e. The predicted octanol–water partition coefficient (Wildman–Crippen LogP) is 3.77. The van der Waals surface area contributed by atoms with Gasteiger partial charge in [-0.3, -0.25) is 0 Å². The highest BCUT2D eigenvalue weighted by molar-refractivity contribution is 5.47. The molecule has 0 fully saturated rings. The van der Waals surface area contributed by atoms with Crippen LogP contribution in [0.4, 0.5) is 11.4 Å². The standard InChI is InChI=1S/2C8H11N/c1-6-3-4-8(9)5-7(6)2;1-6-3-4-8(9)7(2)5-6/h2*3-5H,9H2,1-2H3. The Morgan fingerprint density at radius 3 is 1.78 bits per heavy atom. The van der Waals surface area contributed by atoms with Crippen LogP contribution < -0.4 is 11.5 Å². The molecule has 2 aromatic rings. The summed E-state index contributed by atoms with van der Waals surface area (Å²) in [5, 5.41) is 0. The van der Waals surface area contributed by atoms with Gasteiger partial charge in [-0.2, -0.15) is 0 Å². The Kier molecular flexibility index (Phi) is 4.78. The lowest BCUT2D eigenvalue weighted by Gasteiger charge is -1.98. The van der Waals surface area contributed by atoms with E-state index in [-0.39, 0.29) is 0 Å². The van der Waals surface area contributed by atoms with Gasteiger partial charge in [-0.15, -0.1) is 0 Å². The molecular weight excluding hydrogens is 220 g/mol. The molecule has 0 atom stereocenters. The lowest BCUT2D eigenvalue weighted by Crippen LogP contribution is -1.88. The molecule has 0 saturated heterocycles. The SMILES string of the molecule is Cc1ccc(N)c(C)c1.Cc1ccc(N)cc1C. The van der Waals surface area contributed by atoms with Gasteiger partial charge in [0, 0.05) is 11.4 Å². The van der Waals surface area contributed by atoms with Crippen molar-refractivity contribution in [1.29, 1.82) is 0 Å². The van der Waals surface area contributed by atoms with Crippen LogP contribution in [0.5, 0.6) is 0 Å². The number of hydrogen-bond donors (Lipinski definition) is 2. The van der Waals surface area contributed by atoms with Gasteiger partial charge in [-0.25, -0.2) is 0 Å². The minimum atomic E-state index is 0.845. The average Bonchev–Trinajstić information content (AvgIpc) is 2.30. The van der Waals surface area contributed by atoms with E-state index in [1.807, 2.05) is 37.3 Å². The van der Waals surface area contributed by atoms with Gasteiger partial charge in [0.15, 0.2) is 0 Å². The Bertz CT molecular complexity index is 481. The first-order valence-electron chi connectivity index (χ1n) is 6.05. The Morgan fingerprint density at radius 2 is 1.33 bits per heavy atom. The summed E-state index contributed by atoms with van der Waals surface area (Å²) in [6.07, 6.45) is 0. The molecule has 0 spiro atoms. The molecule has 0 aliphatic carbocycles. The second-order valence-electron chi connectivity index (χ2n) is 4.70. The van der Waals surface area contributed by atoms with E-state index in [1.165, 1.54) is 16.7 Å². The quantitative estimate of drug-likeness (QED) is 0.691. The predicted molar refractivity (Wildman–Crippen MR) is 80.7 cm³/mol. The summed E-state index contributed by atoms with van der Waals surface area (Å²) in [6.45, 7) is 8.22. The normalized spacial score (nSPS) is 9.56. The summed E-state index contributed by atoms with van der Waals surface area (Å²) in [6, 6.07) is 12.0. The van der Waals surface area contributed by atoms with Crippen LogP contribution in [0, 0.1) is 27.7 Å². The molecule has 2 rings (SSSR count). The number of nitrogens with two attached hydrogens (primary N) is 2. The first kappa shape index (κ1) is 14.1. The van der Waals surface area contributed by atoms with E-state index in [0.717, 1.165) is 16.9 Å². The summed E-state index contributed by atoms with van der Waals surface area (Å²) in [5.74, 6) is 0. The number of nitrogen functional groups attached to an aromatic ring is 2. The van der Waals surface area contributed by atoms with Crippen molar-refractivity contribution in [2.45, 2.75) is 27.7 Å². The van der Waals surface area contributed by atoms with Gasteiger partial charge in [-0.1, -0.05) is 23.8 Å². The third kappa shape index (κ3) is 4.13. The Balaban J connectivity index is 0.000000180. The van der Waals surface area contributed by atoms with E-state index in [9.17, 15) is 0 Å². The van der Waals surface area contributed by atoms with Gasteiger partial charge in [-0.05, 0) is 62.6 Å². The maximum Gasteiger partial charge on any atom is 0.0343 e. The molecule has 0 aromatic heterocycles. The zero-order valence-corrected chi connectivity index (χ0v) is 11.6. The maximum absolute atomic E-state index is 5.59. The van der Waals surface area contributed by atoms with E-state index in [2.05, 4.69) is 26.8 Å². The number of aryl methyl sites for hydroxylation is 4. The van der Waals surface area contributed by atoms with Crippen molar-refractivity contribution in [3.8, 4) is 0 Å². The molecule has 96 valence electrons. The highest BCUT2D eigenvalue weighted by atomic mass is 14.5. The van der Waals surface area contributed by atoms with Crippen LogP contribution in [0.25, 0.3) is 0 Å². The fourth-order valence-electron chi connectivity index (χ4n) is 1.59. The maximum atomic E-state index is 5.59. The molecule has 0 aliphatic rings. The third-order valence-electron chi connectivity index (χ3n) is 2.96. The Morgan fingerprint density at radius 1 is 0.667 bits per heavy atom.